The van der Waals surface area contributed by atoms with Crippen molar-refractivity contribution < 1.29 is 4.74 Å². The van der Waals surface area contributed by atoms with Gasteiger partial charge >= 0.3 is 0 Å². The van der Waals surface area contributed by atoms with Crippen LogP contribution in [0.1, 0.15) is 35.2 Å². The van der Waals surface area contributed by atoms with E-state index in [1.165, 1.54) is 17.3 Å². The minimum Gasteiger partial charge on any atom is -0.497 e. The number of benzene rings is 2. The van der Waals surface area contributed by atoms with E-state index in [0.29, 0.717) is 38.8 Å². The quantitative estimate of drug-likeness (QED) is 0.362. The Hall–Kier alpha value is -1.95. The maximum atomic E-state index is 12.4. The molecule has 0 saturated heterocycles. The number of H-pyrrole nitrogens is 1. The smallest absolute Gasteiger partial charge is 0.254 e. The lowest BCUT2D eigenvalue weighted by Gasteiger charge is -2.13. The van der Waals surface area contributed by atoms with Crippen molar-refractivity contribution in [2.75, 3.05) is 12.9 Å². The van der Waals surface area contributed by atoms with Gasteiger partial charge in [0.1, 0.15) is 5.75 Å². The number of aromatic nitrogens is 2. The highest BCUT2D eigenvalue weighted by Gasteiger charge is 2.14. The molecule has 29 heavy (non-hydrogen) atoms. The van der Waals surface area contributed by atoms with Crippen LogP contribution in [0.25, 0.3) is 0 Å². The molecule has 1 N–H and O–H groups in total. The Labute approximate surface area is 184 Å². The Kier molecular flexibility index (Phi) is 7.28. The zero-order valence-corrected chi connectivity index (χ0v) is 18.8. The molecule has 1 atom stereocenters. The van der Waals surface area contributed by atoms with E-state index in [2.05, 4.69) is 29.0 Å². The van der Waals surface area contributed by atoms with Crippen LogP contribution in [0, 0.1) is 6.92 Å². The summed E-state index contributed by atoms with van der Waals surface area (Å²) >= 11 is 14.1. The molecular weight excluding hydrogens is 427 g/mol. The highest BCUT2D eigenvalue weighted by molar-refractivity contribution is 7.99. The molecule has 0 aliphatic rings. The molecule has 7 heteroatoms. The van der Waals surface area contributed by atoms with E-state index in [1.807, 2.05) is 12.1 Å². The Bertz CT molecular complexity index is 1030. The van der Waals surface area contributed by atoms with Gasteiger partial charge in [0.2, 0.25) is 0 Å². The molecular formula is C22H22Cl2N2O2S. The maximum Gasteiger partial charge on any atom is 0.254 e. The number of halogens is 2. The summed E-state index contributed by atoms with van der Waals surface area (Å²) in [5, 5.41) is 1.74. The largest absolute Gasteiger partial charge is 0.497 e. The second-order valence-corrected chi connectivity index (χ2v) is 8.63. The normalized spacial score (nSPS) is 12.0. The lowest BCUT2D eigenvalue weighted by Crippen LogP contribution is -2.16. The average molecular weight is 449 g/mol. The van der Waals surface area contributed by atoms with E-state index >= 15 is 0 Å². The van der Waals surface area contributed by atoms with Crippen LogP contribution in [0.15, 0.2) is 52.4 Å². The highest BCUT2D eigenvalue weighted by Crippen LogP contribution is 2.28. The number of hydrogen-bond acceptors (Lipinski definition) is 4. The van der Waals surface area contributed by atoms with Crippen LogP contribution >= 0.6 is 35.0 Å². The molecule has 0 aliphatic carbocycles. The van der Waals surface area contributed by atoms with Gasteiger partial charge in [-0.3, -0.25) is 4.79 Å². The first-order valence-corrected chi connectivity index (χ1v) is 10.9. The molecule has 0 fully saturated rings. The van der Waals surface area contributed by atoms with Crippen LogP contribution in [0.5, 0.6) is 5.75 Å². The molecule has 0 amide bonds. The van der Waals surface area contributed by atoms with Crippen molar-refractivity contribution >= 4 is 35.0 Å². The van der Waals surface area contributed by atoms with Crippen LogP contribution in [0.4, 0.5) is 0 Å². The summed E-state index contributed by atoms with van der Waals surface area (Å²) in [6.45, 7) is 3.91. The van der Waals surface area contributed by atoms with E-state index in [-0.39, 0.29) is 5.56 Å². The Morgan fingerprint density at radius 3 is 2.41 bits per heavy atom. The summed E-state index contributed by atoms with van der Waals surface area (Å²) in [4.78, 5) is 20.0. The van der Waals surface area contributed by atoms with Crippen LogP contribution in [-0.4, -0.2) is 22.8 Å². The Morgan fingerprint density at radius 1 is 1.14 bits per heavy atom. The highest BCUT2D eigenvalue weighted by atomic mass is 35.5. The van der Waals surface area contributed by atoms with Crippen LogP contribution in [0.2, 0.25) is 10.0 Å². The van der Waals surface area contributed by atoms with Gasteiger partial charge in [0.25, 0.3) is 5.56 Å². The van der Waals surface area contributed by atoms with Crippen LogP contribution in [0.3, 0.4) is 0 Å². The number of methoxy groups -OCH3 is 1. The minimum atomic E-state index is -0.141. The minimum absolute atomic E-state index is 0.141. The predicted molar refractivity (Wildman–Crippen MR) is 121 cm³/mol. The first kappa shape index (κ1) is 21.8. The summed E-state index contributed by atoms with van der Waals surface area (Å²) in [6.07, 6.45) is 0.413. The summed E-state index contributed by atoms with van der Waals surface area (Å²) in [7, 11) is 1.65. The first-order chi connectivity index (χ1) is 13.9. The van der Waals surface area contributed by atoms with Crippen molar-refractivity contribution in [3.8, 4) is 5.75 Å². The van der Waals surface area contributed by atoms with Gasteiger partial charge < -0.3 is 9.72 Å². The number of hydrogen-bond donors (Lipinski definition) is 1. The molecule has 3 aromatic rings. The first-order valence-electron chi connectivity index (χ1n) is 9.18. The molecule has 3 rings (SSSR count). The molecule has 0 aliphatic heterocycles. The van der Waals surface area contributed by atoms with Crippen molar-refractivity contribution in [1.29, 1.82) is 0 Å². The third kappa shape index (κ3) is 5.35. The van der Waals surface area contributed by atoms with E-state index < -0.39 is 0 Å². The lowest BCUT2D eigenvalue weighted by molar-refractivity contribution is 0.414. The number of nitrogens with one attached hydrogen (secondary N) is 1. The number of thioether (sulfide) groups is 1. The molecule has 1 heterocycles. The molecule has 0 radical (unpaired) electrons. The molecule has 0 spiro atoms. The van der Waals surface area contributed by atoms with E-state index in [1.54, 1.807) is 32.2 Å². The summed E-state index contributed by atoms with van der Waals surface area (Å²) < 4.78 is 5.21. The van der Waals surface area contributed by atoms with Gasteiger partial charge in [-0.15, -0.1) is 0 Å². The number of aromatic amines is 1. The zero-order valence-electron chi connectivity index (χ0n) is 16.5. The van der Waals surface area contributed by atoms with Crippen molar-refractivity contribution in [2.24, 2.45) is 0 Å². The fourth-order valence-corrected chi connectivity index (χ4v) is 4.37. The molecule has 1 unspecified atom stereocenters. The summed E-state index contributed by atoms with van der Waals surface area (Å²) in [5.41, 5.74) is 3.10. The van der Waals surface area contributed by atoms with Gasteiger partial charge in [0, 0.05) is 27.8 Å². The molecule has 2 aromatic carbocycles. The van der Waals surface area contributed by atoms with Crippen molar-refractivity contribution in [2.45, 2.75) is 31.3 Å². The number of nitrogens with zero attached hydrogens (tertiary/aromatic N) is 1. The fraction of sp³-hybridized carbons (Fsp3) is 0.273. The van der Waals surface area contributed by atoms with E-state index in [4.69, 9.17) is 27.9 Å². The van der Waals surface area contributed by atoms with Gasteiger partial charge in [0.15, 0.2) is 5.16 Å². The molecule has 0 bridgehead atoms. The van der Waals surface area contributed by atoms with Crippen molar-refractivity contribution in [3.63, 3.8) is 0 Å². The molecule has 1 aromatic heterocycles. The SMILES string of the molecule is COc1ccc(C(C)CSc2nc(Cc3c(Cl)cccc3Cl)c(C)c(=O)[nH]2)cc1. The van der Waals surface area contributed by atoms with Crippen molar-refractivity contribution in [3.05, 3.63) is 85.2 Å². The molecule has 0 saturated carbocycles. The van der Waals surface area contributed by atoms with Crippen LogP contribution < -0.4 is 10.3 Å². The standard InChI is InChI=1S/C22H22Cl2N2O2S/c1-13(15-7-9-16(28-3)10-8-15)12-29-22-25-20(14(2)21(27)26-22)11-17-18(23)5-4-6-19(17)24/h4-10,13H,11-12H2,1-3H3,(H,25,26,27). The topological polar surface area (TPSA) is 55.0 Å². The number of rotatable bonds is 7. The second kappa shape index (κ2) is 9.70. The van der Waals surface area contributed by atoms with Crippen LogP contribution in [-0.2, 0) is 6.42 Å². The predicted octanol–water partition coefficient (Wildman–Crippen LogP) is 5.88. The zero-order chi connectivity index (χ0) is 21.0. The number of ether oxygens (including phenoxy) is 1. The monoisotopic (exact) mass is 448 g/mol. The Balaban J connectivity index is 1.77. The third-order valence-corrected chi connectivity index (χ3v) is 6.63. The van der Waals surface area contributed by atoms with Gasteiger partial charge in [-0.05, 0) is 48.2 Å². The molecule has 152 valence electrons. The average Bonchev–Trinajstić information content (AvgIpc) is 2.72. The van der Waals surface area contributed by atoms with E-state index in [0.717, 1.165) is 17.1 Å². The van der Waals surface area contributed by atoms with E-state index in [9.17, 15) is 4.79 Å². The third-order valence-electron chi connectivity index (χ3n) is 4.79. The van der Waals surface area contributed by atoms with Gasteiger partial charge in [-0.1, -0.05) is 60.1 Å². The van der Waals surface area contributed by atoms with Gasteiger partial charge in [-0.2, -0.15) is 0 Å². The van der Waals surface area contributed by atoms with Gasteiger partial charge in [0.05, 0.1) is 12.8 Å². The molecule has 4 nitrogen and oxygen atoms in total. The van der Waals surface area contributed by atoms with Gasteiger partial charge in [-0.25, -0.2) is 4.98 Å². The fourth-order valence-electron chi connectivity index (χ4n) is 2.90. The lowest BCUT2D eigenvalue weighted by atomic mass is 10.0. The second-order valence-electron chi connectivity index (χ2n) is 6.80. The maximum absolute atomic E-state index is 12.4. The van der Waals surface area contributed by atoms with Crippen molar-refractivity contribution in [1.82, 2.24) is 9.97 Å². The summed E-state index contributed by atoms with van der Waals surface area (Å²) in [6, 6.07) is 13.4. The Morgan fingerprint density at radius 2 is 1.79 bits per heavy atom. The summed E-state index contributed by atoms with van der Waals surface area (Å²) in [5.74, 6) is 1.91.